The van der Waals surface area contributed by atoms with Crippen LogP contribution in [-0.4, -0.2) is 40.1 Å². The van der Waals surface area contributed by atoms with E-state index in [4.69, 9.17) is 0 Å². The van der Waals surface area contributed by atoms with Gasteiger partial charge in [0.25, 0.3) is 5.91 Å². The summed E-state index contributed by atoms with van der Waals surface area (Å²) in [4.78, 5) is 41.8. The number of fused-ring (bicyclic) bond motifs is 1. The van der Waals surface area contributed by atoms with Gasteiger partial charge in [-0.05, 0) is 109 Å². The third-order valence-electron chi connectivity index (χ3n) is 11.6. The maximum atomic E-state index is 14.4. The Balaban J connectivity index is 1.14. The van der Waals surface area contributed by atoms with Crippen LogP contribution in [0.15, 0.2) is 60.8 Å². The van der Waals surface area contributed by atoms with E-state index in [0.29, 0.717) is 17.3 Å². The van der Waals surface area contributed by atoms with E-state index in [9.17, 15) is 14.4 Å². The summed E-state index contributed by atoms with van der Waals surface area (Å²) in [7, 11) is 1.74. The number of amides is 3. The molecule has 242 valence electrons. The van der Waals surface area contributed by atoms with Crippen LogP contribution in [0.2, 0.25) is 0 Å². The molecular weight excluding hydrogens is 574 g/mol. The molecule has 46 heavy (non-hydrogen) atoms. The molecular formula is C38H47N5O3. The number of anilines is 1. The molecule has 8 nitrogen and oxygen atoms in total. The van der Waals surface area contributed by atoms with Crippen LogP contribution in [0.5, 0.6) is 0 Å². The molecule has 3 amide bonds. The first-order chi connectivity index (χ1) is 22.2. The number of carbonyl (C=O) groups is 3. The van der Waals surface area contributed by atoms with E-state index in [2.05, 4.69) is 52.2 Å². The number of rotatable bonds is 11. The van der Waals surface area contributed by atoms with E-state index >= 15 is 0 Å². The first-order valence-corrected chi connectivity index (χ1v) is 17.3. The minimum absolute atomic E-state index is 0.00702. The van der Waals surface area contributed by atoms with Crippen molar-refractivity contribution in [1.29, 1.82) is 0 Å². The van der Waals surface area contributed by atoms with Crippen molar-refractivity contribution in [3.05, 3.63) is 83.2 Å². The van der Waals surface area contributed by atoms with Gasteiger partial charge >= 0.3 is 0 Å². The lowest BCUT2D eigenvalue weighted by Crippen LogP contribution is -2.52. The standard InChI is InChI=1S/C38H47N5O3/c1-37(16-8-17-37)24-39-36(46)38(18-5-6-19-38)29-11-7-12-30(23-29)41-35(45)33(42-34(44)31-15-20-40-43(31)2)32(25-13-14-25)28-21-26-9-3-4-10-27(26)22-28/h3-4,7,9-12,15,20,23,25,28,32-33H,5-6,8,13-14,16-19,21-22,24H2,1-2H3,(H,39,46)(H,41,45)(H,42,44)/t32?,33-/m0/s1. The highest BCUT2D eigenvalue weighted by Gasteiger charge is 2.47. The summed E-state index contributed by atoms with van der Waals surface area (Å²) in [6.07, 6.45) is 12.7. The van der Waals surface area contributed by atoms with Crippen molar-refractivity contribution in [3.8, 4) is 0 Å². The van der Waals surface area contributed by atoms with E-state index in [1.54, 1.807) is 24.0 Å². The number of hydrogen-bond donors (Lipinski definition) is 3. The normalized spacial score (nSPS) is 21.1. The number of benzene rings is 2. The highest BCUT2D eigenvalue weighted by molar-refractivity contribution is 6.01. The molecule has 3 aromatic rings. The first-order valence-electron chi connectivity index (χ1n) is 17.3. The number of aromatic nitrogens is 2. The summed E-state index contributed by atoms with van der Waals surface area (Å²) in [5.41, 5.74) is 4.35. The van der Waals surface area contributed by atoms with Gasteiger partial charge in [0.05, 0.1) is 5.41 Å². The molecule has 0 bridgehead atoms. The second kappa shape index (κ2) is 12.3. The lowest BCUT2D eigenvalue weighted by atomic mass is 9.70. The van der Waals surface area contributed by atoms with Crippen LogP contribution in [0.3, 0.4) is 0 Å². The zero-order valence-electron chi connectivity index (χ0n) is 27.2. The smallest absolute Gasteiger partial charge is 0.270 e. The van der Waals surface area contributed by atoms with Crippen molar-refractivity contribution < 1.29 is 14.4 Å². The maximum Gasteiger partial charge on any atom is 0.270 e. The predicted molar refractivity (Wildman–Crippen MR) is 178 cm³/mol. The van der Waals surface area contributed by atoms with Gasteiger partial charge in [-0.2, -0.15) is 5.10 Å². The molecule has 0 aliphatic heterocycles. The van der Waals surface area contributed by atoms with E-state index in [1.165, 1.54) is 17.5 Å². The zero-order valence-corrected chi connectivity index (χ0v) is 27.2. The van der Waals surface area contributed by atoms with Gasteiger partial charge in [-0.15, -0.1) is 0 Å². The molecule has 1 unspecified atom stereocenters. The lowest BCUT2D eigenvalue weighted by Gasteiger charge is -2.39. The average Bonchev–Trinajstić information content (AvgIpc) is 3.39. The van der Waals surface area contributed by atoms with E-state index in [1.807, 2.05) is 24.3 Å². The molecule has 4 aliphatic rings. The third kappa shape index (κ3) is 5.98. The quantitative estimate of drug-likeness (QED) is 0.255. The molecule has 3 saturated carbocycles. The predicted octanol–water partition coefficient (Wildman–Crippen LogP) is 5.72. The Bertz CT molecular complexity index is 1590. The van der Waals surface area contributed by atoms with E-state index in [0.717, 1.165) is 76.3 Å². The Morgan fingerprint density at radius 3 is 2.24 bits per heavy atom. The number of hydrogen-bond acceptors (Lipinski definition) is 4. The number of carbonyl (C=O) groups excluding carboxylic acids is 3. The fraction of sp³-hybridized carbons (Fsp3) is 0.526. The fourth-order valence-electron chi connectivity index (χ4n) is 8.58. The summed E-state index contributed by atoms with van der Waals surface area (Å²) >= 11 is 0. The minimum Gasteiger partial charge on any atom is -0.355 e. The molecule has 3 fully saturated rings. The summed E-state index contributed by atoms with van der Waals surface area (Å²) < 4.78 is 1.54. The van der Waals surface area contributed by atoms with Crippen molar-refractivity contribution in [2.75, 3.05) is 11.9 Å². The van der Waals surface area contributed by atoms with Crippen LogP contribution < -0.4 is 16.0 Å². The SMILES string of the molecule is Cn1nccc1C(=O)N[C@H](C(=O)Nc1cccc(C2(C(=O)NCC3(C)CCC3)CCCC2)c1)C(C1CC1)C1Cc2ccccc2C1. The third-order valence-corrected chi connectivity index (χ3v) is 11.6. The van der Waals surface area contributed by atoms with Gasteiger partial charge in [-0.25, -0.2) is 0 Å². The monoisotopic (exact) mass is 621 g/mol. The van der Waals surface area contributed by atoms with Gasteiger partial charge in [0.2, 0.25) is 11.8 Å². The van der Waals surface area contributed by atoms with Gasteiger partial charge in [0.15, 0.2) is 0 Å². The molecule has 1 heterocycles. The van der Waals surface area contributed by atoms with Gasteiger partial charge in [0, 0.05) is 25.5 Å². The van der Waals surface area contributed by atoms with Crippen LogP contribution in [-0.2, 0) is 34.9 Å². The lowest BCUT2D eigenvalue weighted by molar-refractivity contribution is -0.127. The molecule has 7 rings (SSSR count). The maximum absolute atomic E-state index is 14.4. The highest BCUT2D eigenvalue weighted by Crippen LogP contribution is 2.47. The Hall–Kier alpha value is -3.94. The van der Waals surface area contributed by atoms with E-state index < -0.39 is 11.5 Å². The van der Waals surface area contributed by atoms with Crippen LogP contribution >= 0.6 is 0 Å². The van der Waals surface area contributed by atoms with E-state index in [-0.39, 0.29) is 35.0 Å². The van der Waals surface area contributed by atoms with Gasteiger partial charge in [-0.1, -0.05) is 62.6 Å². The van der Waals surface area contributed by atoms with Crippen molar-refractivity contribution in [1.82, 2.24) is 20.4 Å². The molecule has 8 heteroatoms. The highest BCUT2D eigenvalue weighted by atomic mass is 16.2. The van der Waals surface area contributed by atoms with Crippen LogP contribution in [0, 0.1) is 23.2 Å². The summed E-state index contributed by atoms with van der Waals surface area (Å²) in [5, 5.41) is 13.9. The molecule has 2 atom stereocenters. The minimum atomic E-state index is -0.704. The first kappa shape index (κ1) is 30.7. The Labute approximate surface area is 272 Å². The molecule has 0 saturated heterocycles. The molecule has 3 N–H and O–H groups in total. The molecule has 0 spiro atoms. The second-order valence-corrected chi connectivity index (χ2v) is 14.8. The summed E-state index contributed by atoms with van der Waals surface area (Å²) in [6, 6.07) is 17.4. The Morgan fingerprint density at radius 2 is 1.63 bits per heavy atom. The van der Waals surface area contributed by atoms with Crippen LogP contribution in [0.1, 0.15) is 91.9 Å². The molecule has 2 aromatic carbocycles. The van der Waals surface area contributed by atoms with Crippen molar-refractivity contribution in [2.24, 2.45) is 30.2 Å². The Morgan fingerprint density at radius 1 is 0.913 bits per heavy atom. The zero-order chi connectivity index (χ0) is 31.9. The van der Waals surface area contributed by atoms with Crippen LogP contribution in [0.25, 0.3) is 0 Å². The van der Waals surface area contributed by atoms with Crippen molar-refractivity contribution in [3.63, 3.8) is 0 Å². The Kier molecular flexibility index (Phi) is 8.24. The van der Waals surface area contributed by atoms with Gasteiger partial charge in [0.1, 0.15) is 11.7 Å². The van der Waals surface area contributed by atoms with Crippen molar-refractivity contribution in [2.45, 2.75) is 89.0 Å². The largest absolute Gasteiger partial charge is 0.355 e. The van der Waals surface area contributed by atoms with Gasteiger partial charge < -0.3 is 16.0 Å². The second-order valence-electron chi connectivity index (χ2n) is 14.8. The number of nitrogens with zero attached hydrogens (tertiary/aromatic N) is 2. The summed E-state index contributed by atoms with van der Waals surface area (Å²) in [5.74, 6) is 0.267. The molecule has 0 radical (unpaired) electrons. The topological polar surface area (TPSA) is 105 Å². The van der Waals surface area contributed by atoms with Crippen LogP contribution in [0.4, 0.5) is 5.69 Å². The fourth-order valence-corrected chi connectivity index (χ4v) is 8.58. The summed E-state index contributed by atoms with van der Waals surface area (Å²) in [6.45, 7) is 2.98. The number of aryl methyl sites for hydroxylation is 1. The average molecular weight is 622 g/mol. The molecule has 4 aliphatic carbocycles. The molecule has 1 aromatic heterocycles. The number of nitrogens with one attached hydrogen (secondary N) is 3. The van der Waals surface area contributed by atoms with Crippen molar-refractivity contribution >= 4 is 23.4 Å². The van der Waals surface area contributed by atoms with Gasteiger partial charge in [-0.3, -0.25) is 19.1 Å².